The molecule has 10 heteroatoms. The van der Waals surface area contributed by atoms with Crippen LogP contribution in [-0.2, 0) is 11.4 Å². The van der Waals surface area contributed by atoms with E-state index in [-0.39, 0.29) is 35.6 Å². The smallest absolute Gasteiger partial charge is 0.416 e. The molecule has 1 heterocycles. The number of carbonyl (C=O) groups is 1. The highest BCUT2D eigenvalue weighted by Crippen LogP contribution is 2.35. The molecule has 0 aliphatic heterocycles. The monoisotopic (exact) mass is 438 g/mol. The fourth-order valence-electron chi connectivity index (χ4n) is 3.07. The number of halogens is 4. The molecule has 1 aromatic heterocycles. The molecule has 0 spiro atoms. The van der Waals surface area contributed by atoms with Crippen molar-refractivity contribution in [1.82, 2.24) is 4.98 Å². The number of H-pyrrole nitrogens is 1. The van der Waals surface area contributed by atoms with Crippen molar-refractivity contribution in [3.05, 3.63) is 81.7 Å². The van der Waals surface area contributed by atoms with Crippen LogP contribution in [0.2, 0.25) is 0 Å². The van der Waals surface area contributed by atoms with E-state index >= 15 is 0 Å². The van der Waals surface area contributed by atoms with E-state index in [1.807, 2.05) is 0 Å². The molecular weight excluding hydrogens is 420 g/mol. The number of aromatic nitrogens is 1. The van der Waals surface area contributed by atoms with Crippen LogP contribution in [0.4, 0.5) is 23.2 Å². The highest BCUT2D eigenvalue weighted by atomic mass is 19.4. The summed E-state index contributed by atoms with van der Waals surface area (Å²) < 4.78 is 59.1. The molecule has 0 radical (unpaired) electrons. The zero-order valence-electron chi connectivity index (χ0n) is 16.0. The minimum atomic E-state index is -4.67. The van der Waals surface area contributed by atoms with Gasteiger partial charge in [-0.3, -0.25) is 9.59 Å². The molecule has 6 nitrogen and oxygen atoms in total. The van der Waals surface area contributed by atoms with Gasteiger partial charge < -0.3 is 20.1 Å². The Balaban J connectivity index is 1.97. The molecule has 0 bridgehead atoms. The van der Waals surface area contributed by atoms with Crippen molar-refractivity contribution in [3.8, 4) is 5.75 Å². The van der Waals surface area contributed by atoms with Gasteiger partial charge in [0.15, 0.2) is 0 Å². The molecule has 1 unspecified atom stereocenters. The van der Waals surface area contributed by atoms with E-state index in [1.165, 1.54) is 12.3 Å². The van der Waals surface area contributed by atoms with Crippen LogP contribution < -0.4 is 15.6 Å². The van der Waals surface area contributed by atoms with E-state index in [0.717, 1.165) is 36.4 Å². The number of rotatable bonds is 5. The third-order valence-electron chi connectivity index (χ3n) is 4.57. The molecule has 3 N–H and O–H groups in total. The van der Waals surface area contributed by atoms with Gasteiger partial charge in [-0.25, -0.2) is 4.39 Å². The number of benzene rings is 1. The largest absolute Gasteiger partial charge is 0.460 e. The highest BCUT2D eigenvalue weighted by Gasteiger charge is 2.36. The Morgan fingerprint density at radius 1 is 1.26 bits per heavy atom. The van der Waals surface area contributed by atoms with Crippen molar-refractivity contribution in [2.45, 2.75) is 25.6 Å². The van der Waals surface area contributed by atoms with Gasteiger partial charge in [-0.1, -0.05) is 6.08 Å². The number of amides is 1. The first-order valence-electron chi connectivity index (χ1n) is 9.23. The van der Waals surface area contributed by atoms with E-state index in [0.29, 0.717) is 0 Å². The van der Waals surface area contributed by atoms with Crippen LogP contribution in [0, 0.1) is 11.7 Å². The maximum Gasteiger partial charge on any atom is 0.416 e. The fourth-order valence-corrected chi connectivity index (χ4v) is 3.07. The minimum Gasteiger partial charge on any atom is -0.460 e. The molecule has 0 fully saturated rings. The van der Waals surface area contributed by atoms with Crippen molar-refractivity contribution in [1.29, 1.82) is 0 Å². The van der Waals surface area contributed by atoms with Gasteiger partial charge in [0.2, 0.25) is 11.5 Å². The molecule has 1 atom stereocenters. The summed E-state index contributed by atoms with van der Waals surface area (Å²) in [4.78, 5) is 26.7. The van der Waals surface area contributed by atoms with E-state index < -0.39 is 41.6 Å². The van der Waals surface area contributed by atoms with E-state index in [2.05, 4.69) is 10.3 Å². The SMILES string of the molecule is O=C(Nc1cc[nH]c(=O)c1)C1CCC=C(C(F)(F)F)C=C1Oc1ccc(F)cc1CO. The number of ether oxygens (including phenoxy) is 1. The highest BCUT2D eigenvalue weighted by molar-refractivity contribution is 5.94. The van der Waals surface area contributed by atoms with Crippen molar-refractivity contribution in [2.75, 3.05) is 5.32 Å². The number of pyridine rings is 1. The Kier molecular flexibility index (Phi) is 6.59. The van der Waals surface area contributed by atoms with Gasteiger partial charge in [-0.15, -0.1) is 0 Å². The van der Waals surface area contributed by atoms with Crippen LogP contribution in [0.3, 0.4) is 0 Å². The first-order valence-corrected chi connectivity index (χ1v) is 9.23. The van der Waals surface area contributed by atoms with Crippen LogP contribution in [0.1, 0.15) is 18.4 Å². The Labute approximate surface area is 173 Å². The number of aromatic amines is 1. The molecule has 31 heavy (non-hydrogen) atoms. The molecular formula is C21H18F4N2O4. The van der Waals surface area contributed by atoms with Gasteiger partial charge >= 0.3 is 6.18 Å². The van der Waals surface area contributed by atoms with E-state index in [9.17, 15) is 32.3 Å². The number of nitrogens with one attached hydrogen (secondary N) is 2. The zero-order chi connectivity index (χ0) is 22.6. The van der Waals surface area contributed by atoms with Crippen molar-refractivity contribution in [3.63, 3.8) is 0 Å². The average molecular weight is 438 g/mol. The second-order valence-electron chi connectivity index (χ2n) is 6.78. The number of hydrogen-bond acceptors (Lipinski definition) is 4. The molecule has 1 aliphatic rings. The quantitative estimate of drug-likeness (QED) is 0.620. The molecule has 1 amide bonds. The van der Waals surface area contributed by atoms with Gasteiger partial charge in [0.1, 0.15) is 17.3 Å². The summed E-state index contributed by atoms with van der Waals surface area (Å²) in [7, 11) is 0. The maximum absolute atomic E-state index is 13.4. The van der Waals surface area contributed by atoms with Crippen molar-refractivity contribution in [2.24, 2.45) is 5.92 Å². The Bertz CT molecular complexity index is 1090. The summed E-state index contributed by atoms with van der Waals surface area (Å²) in [6, 6.07) is 5.72. The van der Waals surface area contributed by atoms with Crippen LogP contribution in [-0.4, -0.2) is 22.2 Å². The molecule has 0 saturated carbocycles. The first kappa shape index (κ1) is 22.3. The van der Waals surface area contributed by atoms with E-state index in [4.69, 9.17) is 4.74 Å². The van der Waals surface area contributed by atoms with Crippen molar-refractivity contribution >= 4 is 11.6 Å². The number of hydrogen-bond donors (Lipinski definition) is 3. The summed E-state index contributed by atoms with van der Waals surface area (Å²) >= 11 is 0. The number of alkyl halides is 3. The lowest BCUT2D eigenvalue weighted by Gasteiger charge is -2.21. The normalized spacial score (nSPS) is 16.7. The Hall–Kier alpha value is -3.40. The van der Waals surface area contributed by atoms with E-state index in [1.54, 1.807) is 0 Å². The summed E-state index contributed by atoms with van der Waals surface area (Å²) in [6.45, 7) is -0.619. The van der Waals surface area contributed by atoms with Gasteiger partial charge in [-0.05, 0) is 43.2 Å². The number of carbonyl (C=O) groups excluding carboxylic acids is 1. The third-order valence-corrected chi connectivity index (χ3v) is 4.57. The van der Waals surface area contributed by atoms with Gasteiger partial charge in [0.05, 0.1) is 18.1 Å². The first-order chi connectivity index (χ1) is 14.7. The number of aliphatic hydroxyl groups excluding tert-OH is 1. The van der Waals surface area contributed by atoms with Gasteiger partial charge in [0.25, 0.3) is 0 Å². The standard InChI is InChI=1S/C21H18F4N2O4/c22-14-4-5-17(12(8-14)11-28)31-18-9-13(21(23,24)25)2-1-3-16(18)20(30)27-15-6-7-26-19(29)10-15/h2,4-10,16,28H,1,3,11H2,(H2,26,27,29,30). The molecule has 0 saturated heterocycles. The lowest BCUT2D eigenvalue weighted by molar-refractivity contribution is -0.119. The zero-order valence-corrected chi connectivity index (χ0v) is 16.0. The van der Waals surface area contributed by atoms with Gasteiger partial charge in [-0.2, -0.15) is 13.2 Å². The van der Waals surface area contributed by atoms with Crippen LogP contribution >= 0.6 is 0 Å². The summed E-state index contributed by atoms with van der Waals surface area (Å²) in [6.07, 6.45) is -1.73. The fraction of sp³-hybridized carbons (Fsp3) is 0.238. The predicted molar refractivity (Wildman–Crippen MR) is 104 cm³/mol. The maximum atomic E-state index is 13.4. The summed E-state index contributed by atoms with van der Waals surface area (Å²) in [5.41, 5.74) is -1.28. The second kappa shape index (κ2) is 9.17. The van der Waals surface area contributed by atoms with Crippen LogP contribution in [0.5, 0.6) is 5.75 Å². The molecule has 1 aromatic carbocycles. The molecule has 164 valence electrons. The molecule has 2 aromatic rings. The minimum absolute atomic E-state index is 0.00388. The Morgan fingerprint density at radius 3 is 2.71 bits per heavy atom. The summed E-state index contributed by atoms with van der Waals surface area (Å²) in [5, 5.41) is 11.9. The van der Waals surface area contributed by atoms with Crippen LogP contribution in [0.15, 0.2) is 64.8 Å². The van der Waals surface area contributed by atoms with Crippen LogP contribution in [0.25, 0.3) is 0 Å². The topological polar surface area (TPSA) is 91.4 Å². The average Bonchev–Trinajstić information content (AvgIpc) is 2.92. The molecule has 3 rings (SSSR count). The number of aliphatic hydroxyl groups is 1. The van der Waals surface area contributed by atoms with Crippen molar-refractivity contribution < 1.29 is 32.2 Å². The third kappa shape index (κ3) is 5.60. The lowest BCUT2D eigenvalue weighted by atomic mass is 10.0. The molecule has 1 aliphatic carbocycles. The summed E-state index contributed by atoms with van der Waals surface area (Å²) in [5.74, 6) is -2.86. The predicted octanol–water partition coefficient (Wildman–Crippen LogP) is 3.81. The lowest BCUT2D eigenvalue weighted by Crippen LogP contribution is -2.27. The second-order valence-corrected chi connectivity index (χ2v) is 6.78. The Morgan fingerprint density at radius 2 is 2.03 bits per heavy atom. The van der Waals surface area contributed by atoms with Gasteiger partial charge in [0, 0.05) is 23.5 Å². The number of allylic oxidation sites excluding steroid dienone is 3. The number of anilines is 1.